The third-order valence-electron chi connectivity index (χ3n) is 4.98. The first-order valence-electron chi connectivity index (χ1n) is 11.1. The van der Waals surface area contributed by atoms with Gasteiger partial charge in [-0.2, -0.15) is 5.10 Å². The molecule has 5 rings (SSSR count). The maximum atomic E-state index is 11.3. The standard InChI is InChI=1S/C13H12N4.C11H13NO.C2H6/c1-9-5-4-8-14-12(9)15-13-10-6-2-3-7-11(10)16-17-13;1-8-2-6-10(7-3-8)12-11(13)9-4-5-9;1-2/h2-8H,1H3,(H2,14,15,16,17);2-3,6-7,9H,4-5H2,1H3,(H,12,13);1-2H3. The monoisotopic (exact) mass is 429 g/mol. The second-order valence-electron chi connectivity index (χ2n) is 7.54. The highest BCUT2D eigenvalue weighted by molar-refractivity contribution is 5.94. The van der Waals surface area contributed by atoms with Gasteiger partial charge in [-0.25, -0.2) is 4.98 Å². The average Bonchev–Trinajstić information content (AvgIpc) is 3.61. The molecule has 6 nitrogen and oxygen atoms in total. The van der Waals surface area contributed by atoms with Crippen LogP contribution in [0.15, 0.2) is 66.9 Å². The van der Waals surface area contributed by atoms with Crippen LogP contribution in [-0.2, 0) is 4.79 Å². The van der Waals surface area contributed by atoms with E-state index in [0.717, 1.165) is 46.6 Å². The van der Waals surface area contributed by atoms with Gasteiger partial charge < -0.3 is 10.6 Å². The molecule has 0 bridgehead atoms. The summed E-state index contributed by atoms with van der Waals surface area (Å²) in [5.74, 6) is 2.09. The predicted octanol–water partition coefficient (Wildman–Crippen LogP) is 6.38. The maximum absolute atomic E-state index is 11.3. The van der Waals surface area contributed by atoms with E-state index in [0.29, 0.717) is 0 Å². The Balaban J connectivity index is 0.000000173. The lowest BCUT2D eigenvalue weighted by atomic mass is 10.2. The van der Waals surface area contributed by atoms with Crippen molar-refractivity contribution >= 4 is 34.1 Å². The Kier molecular flexibility index (Phi) is 7.97. The molecule has 4 aromatic rings. The van der Waals surface area contributed by atoms with Gasteiger partial charge in [-0.1, -0.05) is 49.7 Å². The molecule has 2 heterocycles. The summed E-state index contributed by atoms with van der Waals surface area (Å²) < 4.78 is 0. The minimum absolute atomic E-state index is 0.170. The number of nitrogens with one attached hydrogen (secondary N) is 3. The molecule has 0 radical (unpaired) electrons. The molecule has 1 amide bonds. The van der Waals surface area contributed by atoms with Crippen LogP contribution < -0.4 is 10.6 Å². The number of pyridine rings is 1. The van der Waals surface area contributed by atoms with Crippen LogP contribution in [0.5, 0.6) is 0 Å². The SMILES string of the molecule is CC.Cc1ccc(NC(=O)C2CC2)cc1.Cc1cccnc1Nc1n[nH]c2ccccc12. The number of hydrogen-bond donors (Lipinski definition) is 3. The largest absolute Gasteiger partial charge is 0.326 e. The van der Waals surface area contributed by atoms with E-state index in [1.54, 1.807) is 6.20 Å². The summed E-state index contributed by atoms with van der Waals surface area (Å²) in [6, 6.07) is 19.8. The number of H-pyrrole nitrogens is 1. The summed E-state index contributed by atoms with van der Waals surface area (Å²) in [5, 5.41) is 14.4. The lowest BCUT2D eigenvalue weighted by molar-refractivity contribution is -0.117. The molecule has 1 aliphatic rings. The molecule has 2 aromatic heterocycles. The van der Waals surface area contributed by atoms with E-state index in [1.165, 1.54) is 5.56 Å². The van der Waals surface area contributed by atoms with Crippen molar-refractivity contribution in [2.45, 2.75) is 40.5 Å². The zero-order valence-electron chi connectivity index (χ0n) is 19.1. The van der Waals surface area contributed by atoms with E-state index in [9.17, 15) is 4.79 Å². The maximum Gasteiger partial charge on any atom is 0.227 e. The van der Waals surface area contributed by atoms with E-state index in [2.05, 4.69) is 25.8 Å². The molecule has 32 heavy (non-hydrogen) atoms. The number of hydrogen-bond acceptors (Lipinski definition) is 4. The van der Waals surface area contributed by atoms with Crippen LogP contribution in [0.1, 0.15) is 37.8 Å². The molecule has 0 aliphatic heterocycles. The van der Waals surface area contributed by atoms with E-state index >= 15 is 0 Å². The molecule has 0 unspecified atom stereocenters. The van der Waals surface area contributed by atoms with Gasteiger partial charge >= 0.3 is 0 Å². The summed E-state index contributed by atoms with van der Waals surface area (Å²) in [6.45, 7) is 8.05. The summed E-state index contributed by atoms with van der Waals surface area (Å²) in [4.78, 5) is 15.6. The topological polar surface area (TPSA) is 82.7 Å². The lowest BCUT2D eigenvalue weighted by Crippen LogP contribution is -2.12. The van der Waals surface area contributed by atoms with Gasteiger partial charge in [0.25, 0.3) is 0 Å². The molecule has 3 N–H and O–H groups in total. The van der Waals surface area contributed by atoms with Gasteiger partial charge in [0.05, 0.1) is 5.52 Å². The van der Waals surface area contributed by atoms with Crippen LogP contribution in [0.2, 0.25) is 0 Å². The number of benzene rings is 2. The van der Waals surface area contributed by atoms with Gasteiger partial charge in [0.15, 0.2) is 5.82 Å². The van der Waals surface area contributed by atoms with Crippen LogP contribution in [0.3, 0.4) is 0 Å². The van der Waals surface area contributed by atoms with Crippen molar-refractivity contribution in [2.75, 3.05) is 10.6 Å². The van der Waals surface area contributed by atoms with Crippen LogP contribution in [0.25, 0.3) is 10.9 Å². The zero-order valence-corrected chi connectivity index (χ0v) is 19.1. The van der Waals surface area contributed by atoms with Crippen molar-refractivity contribution in [2.24, 2.45) is 5.92 Å². The first-order valence-corrected chi connectivity index (χ1v) is 11.1. The highest BCUT2D eigenvalue weighted by Gasteiger charge is 2.29. The molecule has 1 fully saturated rings. The summed E-state index contributed by atoms with van der Waals surface area (Å²) >= 11 is 0. The third kappa shape index (κ3) is 6.17. The molecule has 0 spiro atoms. The molecule has 166 valence electrons. The number of rotatable bonds is 4. The number of anilines is 3. The average molecular weight is 430 g/mol. The van der Waals surface area contributed by atoms with Gasteiger partial charge in [-0.05, 0) is 62.6 Å². The van der Waals surface area contributed by atoms with Crippen molar-refractivity contribution in [3.8, 4) is 0 Å². The number of aromatic nitrogens is 3. The highest BCUT2D eigenvalue weighted by atomic mass is 16.2. The number of fused-ring (bicyclic) bond motifs is 1. The fourth-order valence-corrected chi connectivity index (χ4v) is 3.01. The van der Waals surface area contributed by atoms with Crippen molar-refractivity contribution in [3.63, 3.8) is 0 Å². The number of aromatic amines is 1. The number of para-hydroxylation sites is 1. The minimum Gasteiger partial charge on any atom is -0.326 e. The van der Waals surface area contributed by atoms with E-state index < -0.39 is 0 Å². The highest BCUT2D eigenvalue weighted by Crippen LogP contribution is 2.30. The Morgan fingerprint density at radius 3 is 2.34 bits per heavy atom. The van der Waals surface area contributed by atoms with Gasteiger partial charge in [-0.3, -0.25) is 9.89 Å². The van der Waals surface area contributed by atoms with Gasteiger partial charge in [-0.15, -0.1) is 0 Å². The molecule has 2 aromatic carbocycles. The zero-order chi connectivity index (χ0) is 22.9. The minimum atomic E-state index is 0.170. The Hall–Kier alpha value is -3.67. The molecule has 1 aliphatic carbocycles. The predicted molar refractivity (Wildman–Crippen MR) is 132 cm³/mol. The smallest absolute Gasteiger partial charge is 0.227 e. The molecule has 1 saturated carbocycles. The number of carbonyl (C=O) groups excluding carboxylic acids is 1. The van der Waals surface area contributed by atoms with E-state index in [-0.39, 0.29) is 11.8 Å². The number of carbonyl (C=O) groups is 1. The van der Waals surface area contributed by atoms with Crippen molar-refractivity contribution < 1.29 is 4.79 Å². The second kappa shape index (κ2) is 11.1. The third-order valence-corrected chi connectivity index (χ3v) is 4.98. The Labute approximate surface area is 189 Å². The quantitative estimate of drug-likeness (QED) is 0.351. The van der Waals surface area contributed by atoms with Crippen molar-refractivity contribution in [3.05, 3.63) is 78.0 Å². The number of aryl methyl sites for hydroxylation is 2. The molecule has 6 heteroatoms. The fraction of sp³-hybridized carbons (Fsp3) is 0.269. The van der Waals surface area contributed by atoms with Gasteiger partial charge in [0.2, 0.25) is 5.91 Å². The first-order chi connectivity index (χ1) is 15.6. The summed E-state index contributed by atoms with van der Waals surface area (Å²) in [7, 11) is 0. The number of amides is 1. The Morgan fingerprint density at radius 1 is 0.938 bits per heavy atom. The van der Waals surface area contributed by atoms with E-state index in [4.69, 9.17) is 0 Å². The summed E-state index contributed by atoms with van der Waals surface area (Å²) in [5.41, 5.74) is 4.23. The molecule has 0 saturated heterocycles. The second-order valence-corrected chi connectivity index (χ2v) is 7.54. The number of nitrogens with zero attached hydrogens (tertiary/aromatic N) is 2. The molecule has 0 atom stereocenters. The van der Waals surface area contributed by atoms with Crippen LogP contribution in [0.4, 0.5) is 17.3 Å². The van der Waals surface area contributed by atoms with Crippen molar-refractivity contribution in [1.29, 1.82) is 0 Å². The lowest BCUT2D eigenvalue weighted by Gasteiger charge is -2.05. The summed E-state index contributed by atoms with van der Waals surface area (Å²) in [6.07, 6.45) is 3.87. The normalized spacial score (nSPS) is 12.1. The van der Waals surface area contributed by atoms with Crippen molar-refractivity contribution in [1.82, 2.24) is 15.2 Å². The molecular formula is C26H31N5O. The van der Waals surface area contributed by atoms with Gasteiger partial charge in [0.1, 0.15) is 5.82 Å². The van der Waals surface area contributed by atoms with E-state index in [1.807, 2.05) is 88.4 Å². The van der Waals surface area contributed by atoms with Crippen LogP contribution in [0, 0.1) is 19.8 Å². The van der Waals surface area contributed by atoms with Crippen LogP contribution in [-0.4, -0.2) is 21.1 Å². The molecular weight excluding hydrogens is 398 g/mol. The Morgan fingerprint density at radius 2 is 1.66 bits per heavy atom. The van der Waals surface area contributed by atoms with Crippen LogP contribution >= 0.6 is 0 Å². The van der Waals surface area contributed by atoms with Gasteiger partial charge in [0, 0.05) is 23.2 Å². The Bertz CT molecular complexity index is 1150. The first kappa shape index (κ1) is 23.0. The fourth-order valence-electron chi connectivity index (χ4n) is 3.01.